The van der Waals surface area contributed by atoms with Crippen molar-refractivity contribution in [3.63, 3.8) is 0 Å². The van der Waals surface area contributed by atoms with Crippen molar-refractivity contribution < 1.29 is 0 Å². The Morgan fingerprint density at radius 2 is 1.79 bits per heavy atom. The fourth-order valence-electron chi connectivity index (χ4n) is 2.70. The van der Waals surface area contributed by atoms with Crippen LogP contribution in [-0.2, 0) is 5.41 Å². The van der Waals surface area contributed by atoms with Gasteiger partial charge in [-0.05, 0) is 17.9 Å². The molecular formula is C18H26Si. The summed E-state index contributed by atoms with van der Waals surface area (Å²) in [5, 5.41) is 1.60. The normalized spacial score (nSPS) is 19.7. The van der Waals surface area contributed by atoms with Gasteiger partial charge in [0.2, 0.25) is 0 Å². The van der Waals surface area contributed by atoms with Crippen LogP contribution in [-0.4, -0.2) is 8.07 Å². The van der Waals surface area contributed by atoms with Gasteiger partial charge in [-0.1, -0.05) is 86.7 Å². The van der Waals surface area contributed by atoms with Crippen LogP contribution in [0, 0.1) is 12.8 Å². The molecule has 19 heavy (non-hydrogen) atoms. The predicted octanol–water partition coefficient (Wildman–Crippen LogP) is 5.26. The highest BCUT2D eigenvalue weighted by Gasteiger charge is 2.32. The van der Waals surface area contributed by atoms with Crippen LogP contribution in [0.2, 0.25) is 19.6 Å². The maximum atomic E-state index is 2.51. The van der Waals surface area contributed by atoms with E-state index in [-0.39, 0.29) is 5.41 Å². The van der Waals surface area contributed by atoms with Crippen molar-refractivity contribution >= 4 is 8.07 Å². The second-order valence-electron chi connectivity index (χ2n) is 7.35. The third-order valence-electron chi connectivity index (χ3n) is 4.30. The van der Waals surface area contributed by atoms with Gasteiger partial charge in [0.25, 0.3) is 0 Å². The maximum Gasteiger partial charge on any atom is 0.0771 e. The molecule has 1 unspecified atom stereocenters. The van der Waals surface area contributed by atoms with Crippen molar-refractivity contribution in [1.29, 1.82) is 0 Å². The molecule has 0 amide bonds. The molecule has 0 nitrogen and oxygen atoms in total. The lowest BCUT2D eigenvalue weighted by atomic mass is 9.74. The lowest BCUT2D eigenvalue weighted by molar-refractivity contribution is 0.448. The van der Waals surface area contributed by atoms with Crippen LogP contribution in [0.5, 0.6) is 0 Å². The highest BCUT2D eigenvalue weighted by Crippen LogP contribution is 2.38. The first-order valence-electron chi connectivity index (χ1n) is 7.19. The van der Waals surface area contributed by atoms with E-state index in [4.69, 9.17) is 0 Å². The zero-order valence-corrected chi connectivity index (χ0v) is 14.1. The van der Waals surface area contributed by atoms with Crippen molar-refractivity contribution in [3.05, 3.63) is 58.8 Å². The smallest absolute Gasteiger partial charge is 0.0771 e. The van der Waals surface area contributed by atoms with Gasteiger partial charge in [-0.3, -0.25) is 0 Å². The SMILES string of the molecule is Cc1cccc(C(C)(C)C2C=CC([Si](C)(C)C)=C2)c1. The van der Waals surface area contributed by atoms with E-state index in [2.05, 4.69) is 82.9 Å². The molecule has 102 valence electrons. The van der Waals surface area contributed by atoms with Crippen molar-refractivity contribution in [2.24, 2.45) is 5.92 Å². The van der Waals surface area contributed by atoms with Crippen molar-refractivity contribution in [3.8, 4) is 0 Å². The molecule has 0 saturated carbocycles. The molecule has 1 aromatic carbocycles. The van der Waals surface area contributed by atoms with Gasteiger partial charge in [-0.2, -0.15) is 0 Å². The van der Waals surface area contributed by atoms with E-state index in [1.54, 1.807) is 5.20 Å². The Hall–Kier alpha value is -1.08. The summed E-state index contributed by atoms with van der Waals surface area (Å²) in [7, 11) is -1.18. The van der Waals surface area contributed by atoms with Crippen LogP contribution in [0.1, 0.15) is 25.0 Å². The number of allylic oxidation sites excluding steroid dienone is 4. The second kappa shape index (κ2) is 4.79. The second-order valence-corrected chi connectivity index (χ2v) is 12.4. The van der Waals surface area contributed by atoms with E-state index in [1.165, 1.54) is 11.1 Å². The summed E-state index contributed by atoms with van der Waals surface area (Å²) in [5.74, 6) is 0.524. The van der Waals surface area contributed by atoms with Gasteiger partial charge in [0, 0.05) is 5.92 Å². The molecule has 0 aromatic heterocycles. The van der Waals surface area contributed by atoms with Crippen LogP contribution in [0.25, 0.3) is 0 Å². The van der Waals surface area contributed by atoms with E-state index in [0.717, 1.165) is 0 Å². The summed E-state index contributed by atoms with van der Waals surface area (Å²) in [4.78, 5) is 0. The molecule has 1 aliphatic rings. The van der Waals surface area contributed by atoms with Gasteiger partial charge in [0.1, 0.15) is 0 Å². The summed E-state index contributed by atoms with van der Waals surface area (Å²) in [6.45, 7) is 14.2. The molecule has 0 fully saturated rings. The largest absolute Gasteiger partial charge is 0.0775 e. The average molecular weight is 270 g/mol. The summed E-state index contributed by atoms with van der Waals surface area (Å²) in [6, 6.07) is 8.94. The highest BCUT2D eigenvalue weighted by molar-refractivity contribution is 6.83. The van der Waals surface area contributed by atoms with Gasteiger partial charge in [-0.15, -0.1) is 0 Å². The van der Waals surface area contributed by atoms with Crippen LogP contribution in [0.15, 0.2) is 47.7 Å². The molecule has 1 aliphatic carbocycles. The first kappa shape index (κ1) is 14.3. The lowest BCUT2D eigenvalue weighted by Crippen LogP contribution is -2.26. The van der Waals surface area contributed by atoms with Gasteiger partial charge < -0.3 is 0 Å². The van der Waals surface area contributed by atoms with Crippen LogP contribution in [0.4, 0.5) is 0 Å². The molecule has 0 N–H and O–H groups in total. The highest BCUT2D eigenvalue weighted by atomic mass is 28.3. The van der Waals surface area contributed by atoms with Crippen LogP contribution < -0.4 is 0 Å². The Bertz CT molecular complexity index is 527. The van der Waals surface area contributed by atoms with Crippen molar-refractivity contribution in [1.82, 2.24) is 0 Å². The third-order valence-corrected chi connectivity index (χ3v) is 6.37. The molecule has 2 rings (SSSR count). The Balaban J connectivity index is 2.33. The Kier molecular flexibility index (Phi) is 3.61. The molecule has 1 aromatic rings. The number of aryl methyl sites for hydroxylation is 1. The van der Waals surface area contributed by atoms with Crippen LogP contribution >= 0.6 is 0 Å². The quantitative estimate of drug-likeness (QED) is 0.657. The topological polar surface area (TPSA) is 0 Å². The third kappa shape index (κ3) is 2.92. The van der Waals surface area contributed by atoms with E-state index in [1.807, 2.05) is 0 Å². The first-order chi connectivity index (χ1) is 8.71. The minimum absolute atomic E-state index is 0.171. The molecule has 1 heteroatoms. The van der Waals surface area contributed by atoms with Gasteiger partial charge >= 0.3 is 0 Å². The predicted molar refractivity (Wildman–Crippen MR) is 88.3 cm³/mol. The Morgan fingerprint density at radius 3 is 2.32 bits per heavy atom. The summed E-state index contributed by atoms with van der Waals surface area (Å²) < 4.78 is 0. The molecule has 0 heterocycles. The summed E-state index contributed by atoms with van der Waals surface area (Å²) in [6.07, 6.45) is 7.28. The number of benzene rings is 1. The summed E-state index contributed by atoms with van der Waals surface area (Å²) in [5.41, 5.74) is 2.96. The van der Waals surface area contributed by atoms with Gasteiger partial charge in [-0.25, -0.2) is 0 Å². The molecule has 0 spiro atoms. The van der Waals surface area contributed by atoms with Gasteiger partial charge in [0.15, 0.2) is 0 Å². The Morgan fingerprint density at radius 1 is 1.11 bits per heavy atom. The number of rotatable bonds is 3. The number of hydrogen-bond donors (Lipinski definition) is 0. The zero-order valence-electron chi connectivity index (χ0n) is 13.1. The Labute approximate surface area is 119 Å². The first-order valence-corrected chi connectivity index (χ1v) is 10.7. The van der Waals surface area contributed by atoms with E-state index in [0.29, 0.717) is 5.92 Å². The van der Waals surface area contributed by atoms with Gasteiger partial charge in [0.05, 0.1) is 8.07 Å². The lowest BCUT2D eigenvalue weighted by Gasteiger charge is -2.31. The number of hydrogen-bond acceptors (Lipinski definition) is 0. The zero-order chi connectivity index (χ0) is 14.3. The van der Waals surface area contributed by atoms with E-state index in [9.17, 15) is 0 Å². The minimum atomic E-state index is -1.18. The van der Waals surface area contributed by atoms with Crippen LogP contribution in [0.3, 0.4) is 0 Å². The minimum Gasteiger partial charge on any atom is -0.0775 e. The molecule has 0 radical (unpaired) electrons. The standard InChI is InChI=1S/C18H26Si/c1-14-8-7-9-15(12-14)18(2,3)16-10-11-17(13-16)19(4,5)6/h7-13,16H,1-6H3. The maximum absolute atomic E-state index is 2.51. The molecule has 0 aliphatic heterocycles. The van der Waals surface area contributed by atoms with E-state index >= 15 is 0 Å². The molecule has 0 saturated heterocycles. The molecule has 1 atom stereocenters. The average Bonchev–Trinajstić information content (AvgIpc) is 2.78. The van der Waals surface area contributed by atoms with Crippen molar-refractivity contribution in [2.75, 3.05) is 0 Å². The molecular weight excluding hydrogens is 244 g/mol. The summed E-state index contributed by atoms with van der Waals surface area (Å²) >= 11 is 0. The van der Waals surface area contributed by atoms with E-state index < -0.39 is 8.07 Å². The monoisotopic (exact) mass is 270 g/mol. The van der Waals surface area contributed by atoms with Crippen molar-refractivity contribution in [2.45, 2.75) is 45.8 Å². The molecule has 0 bridgehead atoms. The fraction of sp³-hybridized carbons (Fsp3) is 0.444. The fourth-order valence-corrected chi connectivity index (χ4v) is 3.97.